The van der Waals surface area contributed by atoms with Crippen LogP contribution in [0.5, 0.6) is 0 Å². The van der Waals surface area contributed by atoms with Crippen LogP contribution in [-0.4, -0.2) is 49.0 Å². The van der Waals surface area contributed by atoms with Crippen molar-refractivity contribution in [2.24, 2.45) is 11.1 Å². The third-order valence-corrected chi connectivity index (χ3v) is 4.27. The number of amides is 1. The predicted octanol–water partition coefficient (Wildman–Crippen LogP) is 1.65. The highest BCUT2D eigenvalue weighted by Gasteiger charge is 2.35. The van der Waals surface area contributed by atoms with Crippen molar-refractivity contribution in [3.8, 4) is 0 Å². The van der Waals surface area contributed by atoms with E-state index in [1.165, 1.54) is 6.07 Å². The van der Waals surface area contributed by atoms with Gasteiger partial charge in [-0.2, -0.15) is 0 Å². The number of hydrogen-bond acceptors (Lipinski definition) is 5. The molecule has 7 nitrogen and oxygen atoms in total. The lowest BCUT2D eigenvalue weighted by Crippen LogP contribution is -2.40. The first kappa shape index (κ1) is 19.2. The summed E-state index contributed by atoms with van der Waals surface area (Å²) in [6.45, 7) is 4.08. The Morgan fingerprint density at radius 3 is 2.70 bits per heavy atom. The van der Waals surface area contributed by atoms with Crippen molar-refractivity contribution < 1.29 is 9.72 Å². The minimum Gasteiger partial charge on any atom is -0.360 e. The summed E-state index contributed by atoms with van der Waals surface area (Å²) >= 11 is 0. The van der Waals surface area contributed by atoms with E-state index in [0.717, 1.165) is 6.42 Å². The van der Waals surface area contributed by atoms with Gasteiger partial charge in [-0.15, -0.1) is 12.4 Å². The monoisotopic (exact) mass is 342 g/mol. The van der Waals surface area contributed by atoms with Crippen LogP contribution in [0.3, 0.4) is 0 Å². The van der Waals surface area contributed by atoms with E-state index >= 15 is 0 Å². The third-order valence-electron chi connectivity index (χ3n) is 4.27. The van der Waals surface area contributed by atoms with E-state index in [9.17, 15) is 14.9 Å². The highest BCUT2D eigenvalue weighted by Crippen LogP contribution is 2.30. The fourth-order valence-corrected chi connectivity index (χ4v) is 2.73. The molecule has 1 unspecified atom stereocenters. The Hall–Kier alpha value is -1.86. The molecule has 1 fully saturated rings. The Bertz CT molecular complexity index is 584. The van der Waals surface area contributed by atoms with E-state index in [4.69, 9.17) is 5.73 Å². The summed E-state index contributed by atoms with van der Waals surface area (Å²) in [5.74, 6) is -0.0298. The zero-order valence-electron chi connectivity index (χ0n) is 13.4. The number of likely N-dealkylation sites (N-methyl/N-ethyl adjacent to an activating group) is 1. The van der Waals surface area contributed by atoms with E-state index in [1.54, 1.807) is 35.0 Å². The molecule has 0 aliphatic carbocycles. The average molecular weight is 343 g/mol. The third kappa shape index (κ3) is 4.33. The number of nitrogens with two attached hydrogens (primary N) is 1. The zero-order valence-corrected chi connectivity index (χ0v) is 14.2. The molecule has 1 aliphatic heterocycles. The molecule has 2 N–H and O–H groups in total. The molecule has 23 heavy (non-hydrogen) atoms. The molecule has 1 aromatic rings. The van der Waals surface area contributed by atoms with Gasteiger partial charge in [0, 0.05) is 26.2 Å². The van der Waals surface area contributed by atoms with Crippen molar-refractivity contribution in [3.05, 3.63) is 34.4 Å². The molecule has 1 aromatic carbocycles. The molecule has 1 saturated heterocycles. The Morgan fingerprint density at radius 2 is 2.13 bits per heavy atom. The largest absolute Gasteiger partial charge is 0.360 e. The first-order chi connectivity index (χ1) is 10.4. The van der Waals surface area contributed by atoms with Crippen LogP contribution in [-0.2, 0) is 4.79 Å². The molecule has 1 aliphatic rings. The Labute approximate surface area is 142 Å². The van der Waals surface area contributed by atoms with Crippen molar-refractivity contribution in [1.82, 2.24) is 4.90 Å². The second-order valence-corrected chi connectivity index (χ2v) is 6.18. The Morgan fingerprint density at radius 1 is 1.48 bits per heavy atom. The number of nitrogens with zero attached hydrogens (tertiary/aromatic N) is 3. The first-order valence-corrected chi connectivity index (χ1v) is 7.29. The summed E-state index contributed by atoms with van der Waals surface area (Å²) in [6.07, 6.45) is 0.893. The molecule has 8 heteroatoms. The predicted molar refractivity (Wildman–Crippen MR) is 92.0 cm³/mol. The lowest BCUT2D eigenvalue weighted by Gasteiger charge is -2.25. The van der Waals surface area contributed by atoms with Crippen LogP contribution < -0.4 is 10.6 Å². The molecule has 0 aromatic heterocycles. The maximum Gasteiger partial charge on any atom is 0.292 e. The van der Waals surface area contributed by atoms with Crippen LogP contribution in [0.2, 0.25) is 0 Å². The number of nitro groups is 1. The standard InChI is InChI=1S/C15H22N4O3.ClH/c1-15(10-16)7-8-18(11-15)14(20)9-17(2)12-5-3-4-6-13(12)19(21)22;/h3-6H,7-11,16H2,1-2H3;1H. The maximum absolute atomic E-state index is 12.4. The molecule has 0 saturated carbocycles. The lowest BCUT2D eigenvalue weighted by molar-refractivity contribution is -0.384. The number of carbonyl (C=O) groups excluding carboxylic acids is 1. The topological polar surface area (TPSA) is 92.7 Å². The summed E-state index contributed by atoms with van der Waals surface area (Å²) in [7, 11) is 1.69. The van der Waals surface area contributed by atoms with Crippen LogP contribution in [0.1, 0.15) is 13.3 Å². The van der Waals surface area contributed by atoms with Crippen LogP contribution in [0.15, 0.2) is 24.3 Å². The number of hydrogen-bond donors (Lipinski definition) is 1. The van der Waals surface area contributed by atoms with Gasteiger partial charge in [-0.1, -0.05) is 19.1 Å². The van der Waals surface area contributed by atoms with E-state index in [0.29, 0.717) is 25.3 Å². The Kier molecular flexibility index (Phi) is 6.35. The van der Waals surface area contributed by atoms with Crippen molar-refractivity contribution in [2.45, 2.75) is 13.3 Å². The summed E-state index contributed by atoms with van der Waals surface area (Å²) in [6, 6.07) is 6.44. The van der Waals surface area contributed by atoms with Gasteiger partial charge in [-0.05, 0) is 24.4 Å². The van der Waals surface area contributed by atoms with E-state index in [2.05, 4.69) is 6.92 Å². The number of rotatable bonds is 5. The molecule has 128 valence electrons. The SMILES string of the molecule is CN(CC(=O)N1CCC(C)(CN)C1)c1ccccc1[N+](=O)[O-].Cl. The highest BCUT2D eigenvalue weighted by molar-refractivity contribution is 5.85. The summed E-state index contributed by atoms with van der Waals surface area (Å²) in [4.78, 5) is 26.4. The second-order valence-electron chi connectivity index (χ2n) is 6.18. The fourth-order valence-electron chi connectivity index (χ4n) is 2.73. The smallest absolute Gasteiger partial charge is 0.292 e. The number of halogens is 1. The van der Waals surface area contributed by atoms with Gasteiger partial charge in [0.25, 0.3) is 5.69 Å². The van der Waals surface area contributed by atoms with Gasteiger partial charge >= 0.3 is 0 Å². The van der Waals surface area contributed by atoms with Crippen LogP contribution in [0.25, 0.3) is 0 Å². The Balaban J connectivity index is 0.00000264. The number of nitro benzene ring substituents is 1. The number of anilines is 1. The van der Waals surface area contributed by atoms with Crippen molar-refractivity contribution in [2.75, 3.05) is 38.1 Å². The van der Waals surface area contributed by atoms with Gasteiger partial charge in [0.1, 0.15) is 5.69 Å². The van der Waals surface area contributed by atoms with E-state index in [-0.39, 0.29) is 36.0 Å². The second kappa shape index (κ2) is 7.61. The average Bonchev–Trinajstić information content (AvgIpc) is 2.90. The van der Waals surface area contributed by atoms with Gasteiger partial charge in [-0.25, -0.2) is 0 Å². The van der Waals surface area contributed by atoms with Crippen molar-refractivity contribution >= 4 is 29.7 Å². The van der Waals surface area contributed by atoms with Gasteiger partial charge in [0.2, 0.25) is 5.91 Å². The molecule has 1 atom stereocenters. The van der Waals surface area contributed by atoms with Crippen LogP contribution in [0.4, 0.5) is 11.4 Å². The zero-order chi connectivity index (χ0) is 16.3. The van der Waals surface area contributed by atoms with Crippen molar-refractivity contribution in [1.29, 1.82) is 0 Å². The van der Waals surface area contributed by atoms with Crippen LogP contribution >= 0.6 is 12.4 Å². The molecule has 0 radical (unpaired) electrons. The van der Waals surface area contributed by atoms with Crippen molar-refractivity contribution in [3.63, 3.8) is 0 Å². The van der Waals surface area contributed by atoms with Gasteiger partial charge in [-0.3, -0.25) is 14.9 Å². The van der Waals surface area contributed by atoms with Gasteiger partial charge in [0.15, 0.2) is 0 Å². The quantitative estimate of drug-likeness (QED) is 0.648. The van der Waals surface area contributed by atoms with E-state index < -0.39 is 4.92 Å². The van der Waals surface area contributed by atoms with E-state index in [1.807, 2.05) is 0 Å². The molecular formula is C15H23ClN4O3. The molecule has 2 rings (SSSR count). The maximum atomic E-state index is 12.4. The minimum atomic E-state index is -0.433. The fraction of sp³-hybridized carbons (Fsp3) is 0.533. The van der Waals surface area contributed by atoms with Gasteiger partial charge < -0.3 is 15.5 Å². The molecular weight excluding hydrogens is 320 g/mol. The summed E-state index contributed by atoms with van der Waals surface area (Å²) in [5, 5.41) is 11.1. The van der Waals surface area contributed by atoms with Crippen LogP contribution in [0, 0.1) is 15.5 Å². The summed E-state index contributed by atoms with van der Waals surface area (Å²) in [5.41, 5.74) is 6.18. The normalized spacial score (nSPS) is 20.0. The highest BCUT2D eigenvalue weighted by atomic mass is 35.5. The molecule has 0 bridgehead atoms. The number of para-hydroxylation sites is 2. The molecule has 1 amide bonds. The molecule has 0 spiro atoms. The number of carbonyl (C=O) groups is 1. The van der Waals surface area contributed by atoms with Gasteiger partial charge in [0.05, 0.1) is 11.5 Å². The first-order valence-electron chi connectivity index (χ1n) is 7.29. The minimum absolute atomic E-state index is 0. The number of likely N-dealkylation sites (tertiary alicyclic amines) is 1. The molecule has 1 heterocycles. The summed E-state index contributed by atoms with van der Waals surface area (Å²) < 4.78 is 0. The number of benzene rings is 1. The lowest BCUT2D eigenvalue weighted by atomic mass is 9.90.